The number of hydrogen-bond acceptors (Lipinski definition) is 10. The lowest BCUT2D eigenvalue weighted by atomic mass is 9.99. The molecule has 11 nitrogen and oxygen atoms in total. The highest BCUT2D eigenvalue weighted by Gasteiger charge is 2.44. The molecule has 1 fully saturated rings. The maximum Gasteiger partial charge on any atom is 0.305 e. The first kappa shape index (κ1) is 75.6. The number of hydrogen-bond donors (Lipinski definition) is 6. The van der Waals surface area contributed by atoms with Crippen LogP contribution in [0.2, 0.25) is 0 Å². The molecule has 1 saturated heterocycles. The highest BCUT2D eigenvalue weighted by molar-refractivity contribution is 5.76. The molecule has 1 aliphatic heterocycles. The van der Waals surface area contributed by atoms with Crippen LogP contribution >= 0.6 is 0 Å². The zero-order valence-electron chi connectivity index (χ0n) is 51.8. The van der Waals surface area contributed by atoms with Gasteiger partial charge in [0.1, 0.15) is 24.4 Å². The Bertz CT molecular complexity index is 1470. The van der Waals surface area contributed by atoms with Gasteiger partial charge in [-0.15, -0.1) is 0 Å². The molecule has 7 atom stereocenters. The summed E-state index contributed by atoms with van der Waals surface area (Å²) in [5, 5.41) is 54.3. The van der Waals surface area contributed by atoms with Crippen molar-refractivity contribution in [3.8, 4) is 0 Å². The molecule has 1 aliphatic rings. The van der Waals surface area contributed by atoms with Gasteiger partial charge in [-0.05, 0) is 83.5 Å². The van der Waals surface area contributed by atoms with E-state index >= 15 is 0 Å². The Morgan fingerprint density at radius 1 is 0.463 bits per heavy atom. The molecule has 0 saturated carbocycles. The van der Waals surface area contributed by atoms with Crippen LogP contribution in [-0.4, -0.2) is 100 Å². The van der Waals surface area contributed by atoms with Crippen LogP contribution in [0.5, 0.6) is 0 Å². The quantitative estimate of drug-likeness (QED) is 0.0195. The second-order valence-electron chi connectivity index (χ2n) is 23.5. The summed E-state index contributed by atoms with van der Waals surface area (Å²) in [5.74, 6) is -0.188. The topological polar surface area (TPSA) is 175 Å². The number of aliphatic hydroxyl groups is 5. The number of esters is 1. The Hall–Kier alpha value is -2.38. The number of nitrogens with one attached hydrogen (secondary N) is 1. The van der Waals surface area contributed by atoms with Crippen LogP contribution in [0.15, 0.2) is 48.6 Å². The van der Waals surface area contributed by atoms with E-state index in [0.29, 0.717) is 19.4 Å². The molecular formula is C69H127NO10. The number of amides is 1. The van der Waals surface area contributed by atoms with Gasteiger partial charge in [0, 0.05) is 12.8 Å². The third-order valence-electron chi connectivity index (χ3n) is 15.9. The summed E-state index contributed by atoms with van der Waals surface area (Å²) in [5.41, 5.74) is 0. The van der Waals surface area contributed by atoms with E-state index in [-0.39, 0.29) is 18.5 Å². The number of rotatable bonds is 59. The van der Waals surface area contributed by atoms with Crippen molar-refractivity contribution in [2.75, 3.05) is 19.8 Å². The second kappa shape index (κ2) is 58.4. The second-order valence-corrected chi connectivity index (χ2v) is 23.5. The summed E-state index contributed by atoms with van der Waals surface area (Å²) in [7, 11) is 0. The minimum Gasteiger partial charge on any atom is -0.466 e. The van der Waals surface area contributed by atoms with Gasteiger partial charge in [0.15, 0.2) is 6.29 Å². The van der Waals surface area contributed by atoms with Gasteiger partial charge in [0.2, 0.25) is 5.91 Å². The van der Waals surface area contributed by atoms with Crippen LogP contribution in [0.1, 0.15) is 316 Å². The molecule has 468 valence electrons. The van der Waals surface area contributed by atoms with Crippen molar-refractivity contribution in [1.82, 2.24) is 5.32 Å². The molecule has 6 N–H and O–H groups in total. The predicted octanol–water partition coefficient (Wildman–Crippen LogP) is 16.8. The third kappa shape index (κ3) is 47.0. The first-order valence-corrected chi connectivity index (χ1v) is 33.9. The SMILES string of the molecule is CCCC/C=C\CCCCCCCC(=O)OCCCCCCCCCCC/C=C\C/C=C\CCCCCCCCCCCCCCCCCC(=O)NC(COC1OC(CO)C(O)C(O)C1O)C(O)/C=C/CCCCCCCCCC. The number of allylic oxidation sites excluding steroid dienone is 7. The van der Waals surface area contributed by atoms with E-state index in [1.807, 2.05) is 6.08 Å². The fourth-order valence-electron chi connectivity index (χ4n) is 10.5. The summed E-state index contributed by atoms with van der Waals surface area (Å²) >= 11 is 0. The van der Waals surface area contributed by atoms with Crippen molar-refractivity contribution in [2.45, 2.75) is 358 Å². The maximum atomic E-state index is 13.0. The maximum absolute atomic E-state index is 13.0. The van der Waals surface area contributed by atoms with Crippen molar-refractivity contribution in [2.24, 2.45) is 0 Å². The standard InChI is InChI=1S/C69H127NO10/c1-3-5-7-9-11-13-36-41-45-49-53-57-65(74)78-58-54-50-46-42-38-35-33-31-29-27-25-23-21-19-17-15-16-18-20-22-24-26-28-30-32-34-37-40-44-48-52-56-64(73)70-61(60-79-69-68(77)67(76)66(75)63(59-71)80-69)62(72)55-51-47-43-39-14-12-10-8-6-4-2/h9,11,17,19,23,25,51,55,61-63,66-69,71-72,75-77H,3-8,10,12-16,18,20-22,24,26-50,52-54,56-60H2,1-2H3,(H,70,73)/b11-9-,19-17-,25-23-,55-51+. The third-order valence-corrected chi connectivity index (χ3v) is 15.9. The molecule has 1 heterocycles. The van der Waals surface area contributed by atoms with E-state index in [0.717, 1.165) is 64.2 Å². The first-order valence-electron chi connectivity index (χ1n) is 33.9. The Kier molecular flexibility index (Phi) is 55.2. The van der Waals surface area contributed by atoms with E-state index in [9.17, 15) is 35.1 Å². The molecule has 7 unspecified atom stereocenters. The Morgan fingerprint density at radius 2 is 0.850 bits per heavy atom. The molecule has 0 spiro atoms. The van der Waals surface area contributed by atoms with Crippen LogP contribution in [0.4, 0.5) is 0 Å². The molecule has 0 radical (unpaired) electrons. The molecule has 0 aliphatic carbocycles. The molecule has 0 aromatic rings. The number of unbranched alkanes of at least 4 members (excludes halogenated alkanes) is 39. The van der Waals surface area contributed by atoms with Crippen molar-refractivity contribution in [3.63, 3.8) is 0 Å². The molecular weight excluding hydrogens is 1000 g/mol. The highest BCUT2D eigenvalue weighted by atomic mass is 16.7. The Morgan fingerprint density at radius 3 is 1.31 bits per heavy atom. The summed E-state index contributed by atoms with van der Waals surface area (Å²) in [6.45, 7) is 4.30. The lowest BCUT2D eigenvalue weighted by molar-refractivity contribution is -0.302. The van der Waals surface area contributed by atoms with Crippen LogP contribution in [0, 0.1) is 0 Å². The van der Waals surface area contributed by atoms with E-state index in [1.54, 1.807) is 6.08 Å². The van der Waals surface area contributed by atoms with Gasteiger partial charge < -0.3 is 45.1 Å². The minimum atomic E-state index is -1.57. The number of ether oxygens (including phenoxy) is 3. The van der Waals surface area contributed by atoms with Crippen LogP contribution < -0.4 is 5.32 Å². The lowest BCUT2D eigenvalue weighted by Crippen LogP contribution is -2.60. The molecule has 11 heteroatoms. The zero-order valence-corrected chi connectivity index (χ0v) is 51.8. The summed E-state index contributed by atoms with van der Waals surface area (Å²) in [6, 6.07) is -0.809. The van der Waals surface area contributed by atoms with Gasteiger partial charge >= 0.3 is 5.97 Å². The number of carbonyl (C=O) groups excluding carboxylic acids is 2. The van der Waals surface area contributed by atoms with Gasteiger partial charge in [-0.3, -0.25) is 9.59 Å². The monoisotopic (exact) mass is 1130 g/mol. The Labute approximate surface area is 491 Å². The van der Waals surface area contributed by atoms with Crippen LogP contribution in [-0.2, 0) is 23.8 Å². The number of carbonyl (C=O) groups is 2. The fourth-order valence-corrected chi connectivity index (χ4v) is 10.5. The largest absolute Gasteiger partial charge is 0.466 e. The van der Waals surface area contributed by atoms with Gasteiger partial charge in [-0.2, -0.15) is 0 Å². The van der Waals surface area contributed by atoms with E-state index in [1.165, 1.54) is 225 Å². The summed E-state index contributed by atoms with van der Waals surface area (Å²) in [4.78, 5) is 25.0. The minimum absolute atomic E-state index is 0.00616. The zero-order chi connectivity index (χ0) is 58.0. The van der Waals surface area contributed by atoms with Crippen LogP contribution in [0.25, 0.3) is 0 Å². The van der Waals surface area contributed by atoms with E-state index in [4.69, 9.17) is 14.2 Å². The van der Waals surface area contributed by atoms with Gasteiger partial charge in [0.05, 0.1) is 32.0 Å². The average molecular weight is 1130 g/mol. The van der Waals surface area contributed by atoms with Crippen molar-refractivity contribution >= 4 is 11.9 Å². The summed E-state index contributed by atoms with van der Waals surface area (Å²) in [6.07, 6.45) is 65.3. The van der Waals surface area contributed by atoms with Gasteiger partial charge in [0.25, 0.3) is 0 Å². The molecule has 0 aromatic carbocycles. The van der Waals surface area contributed by atoms with Crippen molar-refractivity contribution in [3.05, 3.63) is 48.6 Å². The molecule has 0 bridgehead atoms. The molecule has 1 amide bonds. The van der Waals surface area contributed by atoms with Gasteiger partial charge in [-0.25, -0.2) is 0 Å². The van der Waals surface area contributed by atoms with E-state index < -0.39 is 49.5 Å². The first-order chi connectivity index (χ1) is 39.2. The lowest BCUT2D eigenvalue weighted by Gasteiger charge is -2.40. The normalized spacial score (nSPS) is 18.6. The fraction of sp³-hybridized carbons (Fsp3) is 0.855. The molecule has 0 aromatic heterocycles. The van der Waals surface area contributed by atoms with E-state index in [2.05, 4.69) is 55.6 Å². The van der Waals surface area contributed by atoms with Crippen molar-refractivity contribution in [1.29, 1.82) is 0 Å². The Balaban J connectivity index is 1.96. The predicted molar refractivity (Wildman–Crippen MR) is 334 cm³/mol. The smallest absolute Gasteiger partial charge is 0.305 e. The van der Waals surface area contributed by atoms with Crippen LogP contribution in [0.3, 0.4) is 0 Å². The van der Waals surface area contributed by atoms with Crippen molar-refractivity contribution < 1.29 is 49.3 Å². The summed E-state index contributed by atoms with van der Waals surface area (Å²) < 4.78 is 16.7. The highest BCUT2D eigenvalue weighted by Crippen LogP contribution is 2.23. The molecule has 80 heavy (non-hydrogen) atoms. The number of aliphatic hydroxyl groups excluding tert-OH is 5. The molecule has 1 rings (SSSR count). The average Bonchev–Trinajstić information content (AvgIpc) is 3.46. The van der Waals surface area contributed by atoms with Gasteiger partial charge in [-0.1, -0.05) is 268 Å².